The van der Waals surface area contributed by atoms with Gasteiger partial charge in [0.05, 0.1) is 0 Å². The quantitative estimate of drug-likeness (QED) is 0.841. The molecule has 1 amide bonds. The van der Waals surface area contributed by atoms with Crippen molar-refractivity contribution in [2.24, 2.45) is 0 Å². The number of carboxylic acid groups (broad SMARTS) is 1. The van der Waals surface area contributed by atoms with Gasteiger partial charge in [-0.15, -0.1) is 0 Å². The van der Waals surface area contributed by atoms with Crippen molar-refractivity contribution in [1.29, 1.82) is 0 Å². The number of hydrogen-bond acceptors (Lipinski definition) is 2. The highest BCUT2D eigenvalue weighted by molar-refractivity contribution is 5.91. The number of carbonyl (C=O) groups is 2. The first kappa shape index (κ1) is 16.8. The van der Waals surface area contributed by atoms with E-state index in [1.165, 1.54) is 6.07 Å². The lowest BCUT2D eigenvalue weighted by Crippen LogP contribution is -2.63. The molecule has 1 aromatic carbocycles. The number of rotatable bonds is 3. The average molecular weight is 315 g/mol. The number of carbonyl (C=O) groups excluding carboxylic acids is 1. The Morgan fingerprint density at radius 3 is 1.76 bits per heavy atom. The van der Waals surface area contributed by atoms with Gasteiger partial charge in [-0.2, -0.15) is 26.3 Å². The number of aliphatic carboxylic acids is 1. The van der Waals surface area contributed by atoms with E-state index in [1.807, 2.05) is 0 Å². The van der Waals surface area contributed by atoms with Crippen LogP contribution in [0.3, 0.4) is 0 Å². The first-order chi connectivity index (χ1) is 9.43. The van der Waals surface area contributed by atoms with Crippen molar-refractivity contribution < 1.29 is 41.0 Å². The van der Waals surface area contributed by atoms with Crippen LogP contribution in [0.1, 0.15) is 5.56 Å². The lowest BCUT2D eigenvalue weighted by atomic mass is 9.89. The minimum atomic E-state index is -5.69. The number of halogens is 6. The van der Waals surface area contributed by atoms with Gasteiger partial charge < -0.3 is 10.4 Å². The highest BCUT2D eigenvalue weighted by atomic mass is 19.4. The molecule has 0 saturated heterocycles. The lowest BCUT2D eigenvalue weighted by molar-refractivity contribution is -0.221. The molecule has 0 aromatic heterocycles. The van der Waals surface area contributed by atoms with Gasteiger partial charge in [0.1, 0.15) is 0 Å². The molecule has 0 aliphatic rings. The molecule has 0 heterocycles. The molecule has 10 heteroatoms. The Bertz CT molecular complexity index is 539. The average Bonchev–Trinajstić information content (AvgIpc) is 2.33. The lowest BCUT2D eigenvalue weighted by Gasteiger charge is -2.33. The van der Waals surface area contributed by atoms with Crippen molar-refractivity contribution in [1.82, 2.24) is 5.32 Å². The summed E-state index contributed by atoms with van der Waals surface area (Å²) in [5.41, 5.74) is -5.25. The first-order valence-electron chi connectivity index (χ1n) is 5.18. The van der Waals surface area contributed by atoms with Gasteiger partial charge in [0.2, 0.25) is 0 Å². The zero-order valence-electron chi connectivity index (χ0n) is 9.92. The van der Waals surface area contributed by atoms with Gasteiger partial charge in [-0.05, 0) is 5.56 Å². The predicted octanol–water partition coefficient (Wildman–Crippen LogP) is 2.21. The van der Waals surface area contributed by atoms with Crippen molar-refractivity contribution in [2.75, 3.05) is 0 Å². The van der Waals surface area contributed by atoms with E-state index >= 15 is 0 Å². The Labute approximate surface area is 113 Å². The molecule has 4 nitrogen and oxygen atoms in total. The van der Waals surface area contributed by atoms with Gasteiger partial charge in [0.15, 0.2) is 0 Å². The molecule has 1 aromatic rings. The van der Waals surface area contributed by atoms with Crippen LogP contribution in [0.15, 0.2) is 30.3 Å². The van der Waals surface area contributed by atoms with E-state index in [2.05, 4.69) is 0 Å². The van der Waals surface area contributed by atoms with Crippen LogP contribution in [0, 0.1) is 0 Å². The summed E-state index contributed by atoms with van der Waals surface area (Å²) in [7, 11) is 0. The number of hydrogen-bond donors (Lipinski definition) is 2. The van der Waals surface area contributed by atoms with Gasteiger partial charge in [-0.3, -0.25) is 4.79 Å². The molecule has 0 radical (unpaired) electrons. The Kier molecular flexibility index (Phi) is 4.21. The molecule has 0 saturated carbocycles. The maximum atomic E-state index is 13.1. The van der Waals surface area contributed by atoms with Crippen LogP contribution in [0.25, 0.3) is 0 Å². The van der Waals surface area contributed by atoms with Crippen molar-refractivity contribution in [3.05, 3.63) is 35.9 Å². The smallest absolute Gasteiger partial charge is 0.471 e. The van der Waals surface area contributed by atoms with Crippen LogP contribution in [-0.4, -0.2) is 29.3 Å². The van der Waals surface area contributed by atoms with Crippen molar-refractivity contribution in [3.63, 3.8) is 0 Å². The normalized spacial score (nSPS) is 15.1. The maximum absolute atomic E-state index is 13.1. The fourth-order valence-corrected chi connectivity index (χ4v) is 1.53. The molecule has 2 N–H and O–H groups in total. The maximum Gasteiger partial charge on any atom is 0.471 e. The number of amides is 1. The molecule has 21 heavy (non-hydrogen) atoms. The minimum Gasteiger partial charge on any atom is -0.479 e. The third-order valence-corrected chi connectivity index (χ3v) is 2.51. The van der Waals surface area contributed by atoms with Gasteiger partial charge >= 0.3 is 24.2 Å². The standard InChI is InChI=1S/C11H7F6NO3/c12-10(13,14)7(19)18-9(8(20)21,11(15,16)17)6-4-2-1-3-5-6/h1-5H,(H,18,19)(H,20,21). The zero-order chi connectivity index (χ0) is 16.5. The molecule has 1 atom stereocenters. The van der Waals surface area contributed by atoms with Gasteiger partial charge in [-0.1, -0.05) is 30.3 Å². The molecule has 1 rings (SSSR count). The Morgan fingerprint density at radius 1 is 0.952 bits per heavy atom. The summed E-state index contributed by atoms with van der Waals surface area (Å²) < 4.78 is 75.8. The molecule has 0 spiro atoms. The van der Waals surface area contributed by atoms with E-state index in [4.69, 9.17) is 5.11 Å². The summed E-state index contributed by atoms with van der Waals surface area (Å²) in [5, 5.41) is 9.36. The van der Waals surface area contributed by atoms with Gasteiger partial charge in [0.25, 0.3) is 5.54 Å². The fourth-order valence-electron chi connectivity index (χ4n) is 1.53. The first-order valence-corrected chi connectivity index (χ1v) is 5.18. The van der Waals surface area contributed by atoms with Crippen molar-refractivity contribution >= 4 is 11.9 Å². The van der Waals surface area contributed by atoms with Crippen LogP contribution >= 0.6 is 0 Å². The molecular weight excluding hydrogens is 308 g/mol. The summed E-state index contributed by atoms with van der Waals surface area (Å²) in [6, 6.07) is 4.53. The third-order valence-electron chi connectivity index (χ3n) is 2.51. The summed E-state index contributed by atoms with van der Waals surface area (Å²) in [5.74, 6) is -5.69. The highest BCUT2D eigenvalue weighted by Crippen LogP contribution is 2.40. The third kappa shape index (κ3) is 3.09. The summed E-state index contributed by atoms with van der Waals surface area (Å²) in [6.07, 6.45) is -11.4. The molecule has 0 fully saturated rings. The predicted molar refractivity (Wildman–Crippen MR) is 56.0 cm³/mol. The van der Waals surface area contributed by atoms with E-state index in [9.17, 15) is 35.9 Å². The molecule has 0 aliphatic heterocycles. The summed E-state index contributed by atoms with van der Waals surface area (Å²) >= 11 is 0. The summed E-state index contributed by atoms with van der Waals surface area (Å²) in [4.78, 5) is 21.8. The summed E-state index contributed by atoms with van der Waals surface area (Å²) in [6.45, 7) is 0. The second kappa shape index (κ2) is 5.26. The second-order valence-electron chi connectivity index (χ2n) is 3.87. The van der Waals surface area contributed by atoms with E-state index in [0.29, 0.717) is 17.4 Å². The SMILES string of the molecule is O=C(NC(C(=O)O)(c1ccccc1)C(F)(F)F)C(F)(F)F. The molecular formula is C11H7F6NO3. The van der Waals surface area contributed by atoms with Gasteiger partial charge in [0, 0.05) is 0 Å². The van der Waals surface area contributed by atoms with Crippen LogP contribution < -0.4 is 5.32 Å². The Morgan fingerprint density at radius 2 is 1.43 bits per heavy atom. The van der Waals surface area contributed by atoms with Crippen LogP contribution in [0.4, 0.5) is 26.3 Å². The van der Waals surface area contributed by atoms with Gasteiger partial charge in [-0.25, -0.2) is 4.79 Å². The highest BCUT2D eigenvalue weighted by Gasteiger charge is 2.65. The monoisotopic (exact) mass is 315 g/mol. The van der Waals surface area contributed by atoms with Crippen LogP contribution in [-0.2, 0) is 15.1 Å². The Balaban J connectivity index is 3.49. The largest absolute Gasteiger partial charge is 0.479 e. The Hall–Kier alpha value is -2.26. The molecule has 0 aliphatic carbocycles. The molecule has 1 unspecified atom stereocenters. The van der Waals surface area contributed by atoms with Crippen molar-refractivity contribution in [3.8, 4) is 0 Å². The van der Waals surface area contributed by atoms with Crippen LogP contribution in [0.5, 0.6) is 0 Å². The fraction of sp³-hybridized carbons (Fsp3) is 0.273. The van der Waals surface area contributed by atoms with E-state index < -0.39 is 35.3 Å². The molecule has 116 valence electrons. The van der Waals surface area contributed by atoms with E-state index in [-0.39, 0.29) is 0 Å². The zero-order valence-corrected chi connectivity index (χ0v) is 9.92. The molecule has 0 bridgehead atoms. The minimum absolute atomic E-state index is 0.538. The van der Waals surface area contributed by atoms with Crippen molar-refractivity contribution in [2.45, 2.75) is 17.9 Å². The number of carboxylic acids is 1. The van der Waals surface area contributed by atoms with E-state index in [0.717, 1.165) is 12.1 Å². The second-order valence-corrected chi connectivity index (χ2v) is 3.87. The number of benzene rings is 1. The van der Waals surface area contributed by atoms with Crippen LogP contribution in [0.2, 0.25) is 0 Å². The number of alkyl halides is 6. The topological polar surface area (TPSA) is 66.4 Å². The van der Waals surface area contributed by atoms with E-state index in [1.54, 1.807) is 0 Å². The number of nitrogens with one attached hydrogen (secondary N) is 1.